The van der Waals surface area contributed by atoms with Crippen molar-refractivity contribution in [2.45, 2.75) is 46.1 Å². The minimum atomic E-state index is 0.117. The zero-order valence-corrected chi connectivity index (χ0v) is 13.7. The topological polar surface area (TPSA) is 21.3 Å². The van der Waals surface area contributed by atoms with Gasteiger partial charge in [0.25, 0.3) is 0 Å². The number of halogens is 1. The Hall–Kier alpha value is -0.570. The Bertz CT molecular complexity index is 351. The van der Waals surface area contributed by atoms with E-state index in [0.29, 0.717) is 0 Å². The number of hydrogen-bond acceptors (Lipinski definition) is 2. The Morgan fingerprint density at radius 3 is 2.50 bits per heavy atom. The fourth-order valence-corrected chi connectivity index (χ4v) is 2.20. The van der Waals surface area contributed by atoms with Crippen molar-refractivity contribution in [3.63, 3.8) is 0 Å². The number of nitrogens with one attached hydrogen (secondary N) is 1. The summed E-state index contributed by atoms with van der Waals surface area (Å²) in [5.74, 6) is 0.741. The zero-order valence-electron chi connectivity index (χ0n) is 13.0. The minimum absolute atomic E-state index is 0.117. The molecule has 0 saturated carbocycles. The third kappa shape index (κ3) is 7.28. The van der Waals surface area contributed by atoms with E-state index in [-0.39, 0.29) is 6.10 Å². The van der Waals surface area contributed by atoms with E-state index in [1.54, 1.807) is 0 Å². The first-order chi connectivity index (χ1) is 9.63. The van der Waals surface area contributed by atoms with Gasteiger partial charge in [-0.05, 0) is 49.4 Å². The molecule has 0 aliphatic heterocycles. The molecule has 20 heavy (non-hydrogen) atoms. The maximum atomic E-state index is 6.06. The molecular formula is C17H28ClNO. The second-order valence-electron chi connectivity index (χ2n) is 5.65. The first-order valence-corrected chi connectivity index (χ1v) is 8.09. The molecular weight excluding hydrogens is 270 g/mol. The molecule has 0 amide bonds. The molecule has 2 nitrogen and oxygen atoms in total. The molecule has 0 aromatic heterocycles. The maximum Gasteiger partial charge on any atom is 0.0949 e. The number of benzene rings is 1. The first-order valence-electron chi connectivity index (χ1n) is 7.71. The fourth-order valence-electron chi connectivity index (χ4n) is 2.08. The van der Waals surface area contributed by atoms with Gasteiger partial charge in [-0.15, -0.1) is 0 Å². The van der Waals surface area contributed by atoms with Gasteiger partial charge in [-0.1, -0.05) is 44.5 Å². The van der Waals surface area contributed by atoms with E-state index in [2.05, 4.69) is 38.2 Å². The highest BCUT2D eigenvalue weighted by atomic mass is 35.5. The zero-order chi connectivity index (χ0) is 14.8. The molecule has 1 aromatic carbocycles. The standard InChI is InChI=1S/C17H28ClNO/c1-4-11-19-13-17(20-12-5-6-14(2)3)15-7-9-16(18)10-8-15/h7-10,14,17,19H,4-6,11-13H2,1-3H3. The third-order valence-corrected chi connectivity index (χ3v) is 3.50. The highest BCUT2D eigenvalue weighted by Crippen LogP contribution is 2.20. The summed E-state index contributed by atoms with van der Waals surface area (Å²) in [5.41, 5.74) is 1.20. The Kier molecular flexibility index (Phi) is 8.92. The Morgan fingerprint density at radius 2 is 1.90 bits per heavy atom. The summed E-state index contributed by atoms with van der Waals surface area (Å²) < 4.78 is 6.06. The van der Waals surface area contributed by atoms with Crippen LogP contribution in [0.3, 0.4) is 0 Å². The predicted molar refractivity (Wildman–Crippen MR) is 87.4 cm³/mol. The SMILES string of the molecule is CCCNCC(OCCCC(C)C)c1ccc(Cl)cc1. The highest BCUT2D eigenvalue weighted by Gasteiger charge is 2.11. The van der Waals surface area contributed by atoms with Crippen molar-refractivity contribution in [1.82, 2.24) is 5.32 Å². The van der Waals surface area contributed by atoms with E-state index < -0.39 is 0 Å². The molecule has 1 aromatic rings. The summed E-state index contributed by atoms with van der Waals surface area (Å²) in [5, 5.41) is 4.21. The van der Waals surface area contributed by atoms with E-state index >= 15 is 0 Å². The van der Waals surface area contributed by atoms with Gasteiger partial charge in [-0.3, -0.25) is 0 Å². The minimum Gasteiger partial charge on any atom is -0.372 e. The lowest BCUT2D eigenvalue weighted by atomic mass is 10.1. The molecule has 1 unspecified atom stereocenters. The van der Waals surface area contributed by atoms with Crippen LogP contribution >= 0.6 is 11.6 Å². The average molecular weight is 298 g/mol. The summed E-state index contributed by atoms with van der Waals surface area (Å²) >= 11 is 5.95. The van der Waals surface area contributed by atoms with Crippen LogP contribution in [0.1, 0.15) is 51.7 Å². The molecule has 0 aliphatic rings. The van der Waals surface area contributed by atoms with Crippen LogP contribution in [-0.2, 0) is 4.74 Å². The van der Waals surface area contributed by atoms with E-state index in [9.17, 15) is 0 Å². The quantitative estimate of drug-likeness (QED) is 0.624. The van der Waals surface area contributed by atoms with Crippen LogP contribution in [0.2, 0.25) is 5.02 Å². The van der Waals surface area contributed by atoms with Gasteiger partial charge < -0.3 is 10.1 Å². The summed E-state index contributed by atoms with van der Waals surface area (Å²) in [4.78, 5) is 0. The van der Waals surface area contributed by atoms with Gasteiger partial charge in [-0.2, -0.15) is 0 Å². The van der Waals surface area contributed by atoms with Gasteiger partial charge in [0, 0.05) is 18.2 Å². The normalized spacial score (nSPS) is 12.8. The number of ether oxygens (including phenoxy) is 1. The van der Waals surface area contributed by atoms with Crippen molar-refractivity contribution in [2.75, 3.05) is 19.7 Å². The molecule has 1 rings (SSSR count). The lowest BCUT2D eigenvalue weighted by Crippen LogP contribution is -2.24. The van der Waals surface area contributed by atoms with Crippen LogP contribution < -0.4 is 5.32 Å². The smallest absolute Gasteiger partial charge is 0.0949 e. The summed E-state index contributed by atoms with van der Waals surface area (Å²) in [6.07, 6.45) is 3.59. The molecule has 114 valence electrons. The first kappa shape index (κ1) is 17.5. The van der Waals surface area contributed by atoms with Crippen molar-refractivity contribution in [3.8, 4) is 0 Å². The van der Waals surface area contributed by atoms with Crippen LogP contribution in [0, 0.1) is 5.92 Å². The molecule has 0 bridgehead atoms. The molecule has 1 atom stereocenters. The molecule has 0 fully saturated rings. The lowest BCUT2D eigenvalue weighted by molar-refractivity contribution is 0.0488. The largest absolute Gasteiger partial charge is 0.372 e. The summed E-state index contributed by atoms with van der Waals surface area (Å²) in [7, 11) is 0. The van der Waals surface area contributed by atoms with Gasteiger partial charge in [0.05, 0.1) is 6.10 Å². The monoisotopic (exact) mass is 297 g/mol. The van der Waals surface area contributed by atoms with E-state index in [1.165, 1.54) is 12.0 Å². The predicted octanol–water partition coefficient (Wildman–Crippen LogP) is 4.83. The van der Waals surface area contributed by atoms with Crippen LogP contribution in [0.5, 0.6) is 0 Å². The van der Waals surface area contributed by atoms with E-state index in [1.807, 2.05) is 12.1 Å². The van der Waals surface area contributed by atoms with Crippen LogP contribution in [0.4, 0.5) is 0 Å². The van der Waals surface area contributed by atoms with E-state index in [0.717, 1.165) is 43.5 Å². The number of hydrogen-bond donors (Lipinski definition) is 1. The van der Waals surface area contributed by atoms with Crippen molar-refractivity contribution >= 4 is 11.6 Å². The van der Waals surface area contributed by atoms with Crippen LogP contribution in [0.25, 0.3) is 0 Å². The van der Waals surface area contributed by atoms with Crippen molar-refractivity contribution in [1.29, 1.82) is 0 Å². The molecule has 0 radical (unpaired) electrons. The molecule has 0 spiro atoms. The van der Waals surface area contributed by atoms with Gasteiger partial charge in [0.15, 0.2) is 0 Å². The van der Waals surface area contributed by atoms with Crippen molar-refractivity contribution in [3.05, 3.63) is 34.9 Å². The molecule has 0 heterocycles. The van der Waals surface area contributed by atoms with E-state index in [4.69, 9.17) is 16.3 Å². The highest BCUT2D eigenvalue weighted by molar-refractivity contribution is 6.30. The van der Waals surface area contributed by atoms with Gasteiger partial charge >= 0.3 is 0 Å². The van der Waals surface area contributed by atoms with Crippen LogP contribution in [0.15, 0.2) is 24.3 Å². The summed E-state index contributed by atoms with van der Waals surface area (Å²) in [6, 6.07) is 7.98. The molecule has 3 heteroatoms. The Balaban J connectivity index is 2.48. The van der Waals surface area contributed by atoms with Crippen LogP contribution in [-0.4, -0.2) is 19.7 Å². The third-order valence-electron chi connectivity index (χ3n) is 3.24. The Labute approximate surface area is 128 Å². The second kappa shape index (κ2) is 10.2. The van der Waals surface area contributed by atoms with Crippen molar-refractivity contribution in [2.24, 2.45) is 5.92 Å². The number of rotatable bonds is 10. The van der Waals surface area contributed by atoms with Crippen molar-refractivity contribution < 1.29 is 4.74 Å². The average Bonchev–Trinajstić information content (AvgIpc) is 2.42. The summed E-state index contributed by atoms with van der Waals surface area (Å²) in [6.45, 7) is 9.38. The Morgan fingerprint density at radius 1 is 1.20 bits per heavy atom. The molecule has 0 saturated heterocycles. The second-order valence-corrected chi connectivity index (χ2v) is 6.09. The van der Waals surface area contributed by atoms with Gasteiger partial charge in [-0.25, -0.2) is 0 Å². The lowest BCUT2D eigenvalue weighted by Gasteiger charge is -2.19. The fraction of sp³-hybridized carbons (Fsp3) is 0.647. The van der Waals surface area contributed by atoms with Gasteiger partial charge in [0.2, 0.25) is 0 Å². The molecule has 0 aliphatic carbocycles. The maximum absolute atomic E-state index is 6.06. The molecule has 1 N–H and O–H groups in total. The van der Waals surface area contributed by atoms with Gasteiger partial charge in [0.1, 0.15) is 0 Å².